The summed E-state index contributed by atoms with van der Waals surface area (Å²) in [6.07, 6.45) is 4.66. The van der Waals surface area contributed by atoms with Gasteiger partial charge in [-0.15, -0.1) is 0 Å². The van der Waals surface area contributed by atoms with E-state index in [0.29, 0.717) is 0 Å². The Hall–Kier alpha value is -2.42. The van der Waals surface area contributed by atoms with Crippen molar-refractivity contribution in [2.75, 3.05) is 18.5 Å². The lowest BCUT2D eigenvalue weighted by molar-refractivity contribution is 0.855. The number of fused-ring (bicyclic) bond motifs is 1. The molecule has 0 fully saturated rings. The molecule has 2 heterocycles. The molecule has 0 radical (unpaired) electrons. The fourth-order valence-corrected chi connectivity index (χ4v) is 2.53. The van der Waals surface area contributed by atoms with Gasteiger partial charge in [-0.2, -0.15) is 0 Å². The third-order valence-corrected chi connectivity index (χ3v) is 3.71. The normalized spacial score (nSPS) is 10.8. The molecule has 3 nitrogen and oxygen atoms in total. The number of rotatable bonds is 4. The minimum absolute atomic E-state index is 0.935. The van der Waals surface area contributed by atoms with Gasteiger partial charge in [0.15, 0.2) is 0 Å². The predicted molar refractivity (Wildman–Crippen MR) is 87.7 cm³/mol. The van der Waals surface area contributed by atoms with E-state index in [9.17, 15) is 0 Å². The van der Waals surface area contributed by atoms with Crippen molar-refractivity contribution in [2.24, 2.45) is 0 Å². The van der Waals surface area contributed by atoms with Crippen LogP contribution < -0.4 is 4.90 Å². The van der Waals surface area contributed by atoms with E-state index >= 15 is 0 Å². The summed E-state index contributed by atoms with van der Waals surface area (Å²) in [6, 6.07) is 14.5. The Kier molecular flexibility index (Phi) is 3.82. The molecule has 0 aliphatic carbocycles. The maximum atomic E-state index is 4.44. The van der Waals surface area contributed by atoms with Gasteiger partial charge in [0, 0.05) is 49.2 Å². The van der Waals surface area contributed by atoms with Crippen molar-refractivity contribution in [2.45, 2.75) is 13.3 Å². The minimum atomic E-state index is 0.935. The maximum absolute atomic E-state index is 4.44. The molecule has 0 N–H and O–H groups in total. The minimum Gasteiger partial charge on any atom is -0.374 e. The van der Waals surface area contributed by atoms with E-state index in [1.165, 1.54) is 16.6 Å². The summed E-state index contributed by atoms with van der Waals surface area (Å²) in [4.78, 5) is 11.1. The number of pyridine rings is 2. The van der Waals surface area contributed by atoms with Gasteiger partial charge in [0.2, 0.25) is 0 Å². The molecule has 106 valence electrons. The first-order valence-corrected chi connectivity index (χ1v) is 7.20. The van der Waals surface area contributed by atoms with E-state index < -0.39 is 0 Å². The average molecular weight is 277 g/mol. The molecule has 3 aromatic rings. The van der Waals surface area contributed by atoms with Crippen LogP contribution in [0.4, 0.5) is 5.69 Å². The second-order valence-electron chi connectivity index (χ2n) is 5.34. The van der Waals surface area contributed by atoms with Crippen LogP contribution in [-0.2, 0) is 6.42 Å². The van der Waals surface area contributed by atoms with Crippen molar-refractivity contribution in [1.82, 2.24) is 9.97 Å². The first-order chi connectivity index (χ1) is 10.2. The Morgan fingerprint density at radius 1 is 1.00 bits per heavy atom. The number of aromatic nitrogens is 2. The van der Waals surface area contributed by atoms with Crippen LogP contribution in [0.5, 0.6) is 0 Å². The molecule has 0 unspecified atom stereocenters. The lowest BCUT2D eigenvalue weighted by atomic mass is 10.1. The predicted octanol–water partition coefficient (Wildman–Crippen LogP) is 3.62. The fraction of sp³-hybridized carbons (Fsp3) is 0.222. The quantitative estimate of drug-likeness (QED) is 0.729. The van der Waals surface area contributed by atoms with E-state index in [0.717, 1.165) is 24.2 Å². The van der Waals surface area contributed by atoms with Gasteiger partial charge in [0.05, 0.1) is 5.52 Å². The molecule has 3 rings (SSSR count). The van der Waals surface area contributed by atoms with Crippen molar-refractivity contribution in [1.29, 1.82) is 0 Å². The number of hydrogen-bond acceptors (Lipinski definition) is 3. The SMILES string of the molecule is Cc1ccc2nccc(N(C)CCc3ccccn3)c2c1. The topological polar surface area (TPSA) is 29.0 Å². The molecule has 0 bridgehead atoms. The third kappa shape index (κ3) is 3.02. The molecule has 1 aromatic carbocycles. The number of benzene rings is 1. The van der Waals surface area contributed by atoms with Gasteiger partial charge >= 0.3 is 0 Å². The molecular weight excluding hydrogens is 258 g/mol. The molecule has 0 aliphatic rings. The third-order valence-electron chi connectivity index (χ3n) is 3.71. The van der Waals surface area contributed by atoms with Gasteiger partial charge in [-0.25, -0.2) is 0 Å². The smallest absolute Gasteiger partial charge is 0.0722 e. The van der Waals surface area contributed by atoms with Crippen LogP contribution in [0.2, 0.25) is 0 Å². The van der Waals surface area contributed by atoms with Crippen LogP contribution in [-0.4, -0.2) is 23.6 Å². The zero-order valence-electron chi connectivity index (χ0n) is 12.5. The van der Waals surface area contributed by atoms with Gasteiger partial charge in [0.25, 0.3) is 0 Å². The van der Waals surface area contributed by atoms with Crippen LogP contribution in [0.3, 0.4) is 0 Å². The lowest BCUT2D eigenvalue weighted by Gasteiger charge is -2.21. The number of hydrogen-bond donors (Lipinski definition) is 0. The van der Waals surface area contributed by atoms with Gasteiger partial charge in [-0.05, 0) is 37.3 Å². The van der Waals surface area contributed by atoms with E-state index in [2.05, 4.69) is 59.2 Å². The molecule has 2 aromatic heterocycles. The second-order valence-corrected chi connectivity index (χ2v) is 5.34. The van der Waals surface area contributed by atoms with Crippen molar-refractivity contribution >= 4 is 16.6 Å². The highest BCUT2D eigenvalue weighted by Crippen LogP contribution is 2.25. The summed E-state index contributed by atoms with van der Waals surface area (Å²) in [7, 11) is 2.13. The van der Waals surface area contributed by atoms with Gasteiger partial charge in [-0.1, -0.05) is 17.7 Å². The molecule has 0 atom stereocenters. The van der Waals surface area contributed by atoms with Gasteiger partial charge < -0.3 is 4.90 Å². The summed E-state index contributed by atoms with van der Waals surface area (Å²) in [5, 5.41) is 1.21. The van der Waals surface area contributed by atoms with E-state index in [-0.39, 0.29) is 0 Å². The molecule has 0 amide bonds. The Morgan fingerprint density at radius 3 is 2.71 bits per heavy atom. The monoisotopic (exact) mass is 277 g/mol. The first kappa shape index (κ1) is 13.6. The number of likely N-dealkylation sites (N-methyl/N-ethyl adjacent to an activating group) is 1. The molecule has 0 aliphatic heterocycles. The van der Waals surface area contributed by atoms with Gasteiger partial charge in [0.1, 0.15) is 0 Å². The first-order valence-electron chi connectivity index (χ1n) is 7.20. The largest absolute Gasteiger partial charge is 0.374 e. The Balaban J connectivity index is 1.84. The van der Waals surface area contributed by atoms with Crippen molar-refractivity contribution in [3.8, 4) is 0 Å². The average Bonchev–Trinajstić information content (AvgIpc) is 2.53. The zero-order chi connectivity index (χ0) is 14.7. The molecule has 0 spiro atoms. The van der Waals surface area contributed by atoms with E-state index in [4.69, 9.17) is 0 Å². The summed E-state index contributed by atoms with van der Waals surface area (Å²) >= 11 is 0. The summed E-state index contributed by atoms with van der Waals surface area (Å²) in [5.41, 5.74) is 4.65. The number of aryl methyl sites for hydroxylation is 1. The molecule has 0 saturated carbocycles. The second kappa shape index (κ2) is 5.92. The standard InChI is InChI=1S/C18H19N3/c1-14-6-7-17-16(13-14)18(8-11-20-17)21(2)12-9-15-5-3-4-10-19-15/h3-8,10-11,13H,9,12H2,1-2H3. The highest BCUT2D eigenvalue weighted by atomic mass is 15.1. The van der Waals surface area contributed by atoms with Crippen LogP contribution >= 0.6 is 0 Å². The zero-order valence-corrected chi connectivity index (χ0v) is 12.5. The van der Waals surface area contributed by atoms with Crippen LogP contribution in [0.25, 0.3) is 10.9 Å². The number of nitrogens with zero attached hydrogens (tertiary/aromatic N) is 3. The van der Waals surface area contributed by atoms with Crippen LogP contribution in [0, 0.1) is 6.92 Å². The molecule has 3 heteroatoms. The summed E-state index contributed by atoms with van der Waals surface area (Å²) < 4.78 is 0. The van der Waals surface area contributed by atoms with Crippen molar-refractivity contribution in [3.05, 3.63) is 66.1 Å². The molecular formula is C18H19N3. The lowest BCUT2D eigenvalue weighted by Crippen LogP contribution is -2.21. The Bertz CT molecular complexity index is 738. The molecule has 0 saturated heterocycles. The van der Waals surface area contributed by atoms with Gasteiger partial charge in [-0.3, -0.25) is 9.97 Å². The summed E-state index contributed by atoms with van der Waals surface area (Å²) in [6.45, 7) is 3.05. The number of anilines is 1. The molecule has 21 heavy (non-hydrogen) atoms. The van der Waals surface area contributed by atoms with E-state index in [1.54, 1.807) is 0 Å². The fourth-order valence-electron chi connectivity index (χ4n) is 2.53. The maximum Gasteiger partial charge on any atom is 0.0722 e. The van der Waals surface area contributed by atoms with Crippen molar-refractivity contribution in [3.63, 3.8) is 0 Å². The van der Waals surface area contributed by atoms with Crippen molar-refractivity contribution < 1.29 is 0 Å². The summed E-state index contributed by atoms with van der Waals surface area (Å²) in [5.74, 6) is 0. The van der Waals surface area contributed by atoms with E-state index in [1.807, 2.05) is 24.5 Å². The Labute approximate surface area is 125 Å². The Morgan fingerprint density at radius 2 is 1.90 bits per heavy atom. The highest BCUT2D eigenvalue weighted by Gasteiger charge is 2.07. The van der Waals surface area contributed by atoms with Crippen LogP contribution in [0.15, 0.2) is 54.9 Å². The van der Waals surface area contributed by atoms with Crippen LogP contribution in [0.1, 0.15) is 11.3 Å². The highest BCUT2D eigenvalue weighted by molar-refractivity contribution is 5.91.